The summed E-state index contributed by atoms with van der Waals surface area (Å²) in [5.41, 5.74) is 0.407. The van der Waals surface area contributed by atoms with Gasteiger partial charge in [0.05, 0.1) is 6.04 Å². The molecule has 0 spiro atoms. The summed E-state index contributed by atoms with van der Waals surface area (Å²) < 4.78 is 1.88. The van der Waals surface area contributed by atoms with Crippen LogP contribution < -0.4 is 10.6 Å². The van der Waals surface area contributed by atoms with E-state index in [-0.39, 0.29) is 17.9 Å². The Bertz CT molecular complexity index is 768. The van der Waals surface area contributed by atoms with Crippen LogP contribution in [0.15, 0.2) is 23.8 Å². The molecule has 2 atom stereocenters. The Morgan fingerprint density at radius 1 is 1.31 bits per heavy atom. The lowest BCUT2D eigenvalue weighted by Gasteiger charge is -2.24. The molecule has 8 nitrogen and oxygen atoms in total. The Hall–Kier alpha value is -2.26. The van der Waals surface area contributed by atoms with Crippen molar-refractivity contribution in [3.63, 3.8) is 0 Å². The van der Waals surface area contributed by atoms with Gasteiger partial charge in [0.25, 0.3) is 5.91 Å². The predicted octanol–water partition coefficient (Wildman–Crippen LogP) is 1.51. The van der Waals surface area contributed by atoms with Crippen molar-refractivity contribution in [1.29, 1.82) is 0 Å². The van der Waals surface area contributed by atoms with Crippen molar-refractivity contribution in [2.24, 2.45) is 0 Å². The summed E-state index contributed by atoms with van der Waals surface area (Å²) in [5, 5.41) is 13.0. The number of anilines is 1. The third kappa shape index (κ3) is 3.49. The van der Waals surface area contributed by atoms with Crippen LogP contribution in [-0.2, 0) is 4.79 Å². The molecule has 4 rings (SSSR count). The minimum Gasteiger partial charge on any atom is -0.325 e. The van der Waals surface area contributed by atoms with Crippen LogP contribution in [0, 0.1) is 0 Å². The number of hydrogen-bond acceptors (Lipinski definition) is 6. The first-order valence-corrected chi connectivity index (χ1v) is 9.87. The zero-order valence-electron chi connectivity index (χ0n) is 14.4. The summed E-state index contributed by atoms with van der Waals surface area (Å²) in [7, 11) is 0. The quantitative estimate of drug-likeness (QED) is 0.846. The van der Waals surface area contributed by atoms with Gasteiger partial charge in [-0.3, -0.25) is 14.3 Å². The van der Waals surface area contributed by atoms with Gasteiger partial charge in [-0.05, 0) is 38.3 Å². The first-order chi connectivity index (χ1) is 12.7. The normalized spacial score (nSPS) is 23.2. The van der Waals surface area contributed by atoms with E-state index >= 15 is 0 Å². The van der Waals surface area contributed by atoms with E-state index in [4.69, 9.17) is 0 Å². The second kappa shape index (κ2) is 7.55. The van der Waals surface area contributed by atoms with Gasteiger partial charge in [0, 0.05) is 30.9 Å². The van der Waals surface area contributed by atoms with E-state index in [1.165, 1.54) is 11.3 Å². The maximum absolute atomic E-state index is 12.9. The molecule has 2 fully saturated rings. The summed E-state index contributed by atoms with van der Waals surface area (Å²) in [6, 6.07) is 1.58. The van der Waals surface area contributed by atoms with Crippen LogP contribution in [0.5, 0.6) is 0 Å². The average molecular weight is 374 g/mol. The Morgan fingerprint density at radius 3 is 3.00 bits per heavy atom. The first-order valence-electron chi connectivity index (χ1n) is 8.99. The van der Waals surface area contributed by atoms with Crippen molar-refractivity contribution in [2.45, 2.75) is 37.8 Å². The molecule has 9 heteroatoms. The van der Waals surface area contributed by atoms with Gasteiger partial charge in [-0.1, -0.05) is 0 Å². The number of rotatable bonds is 4. The molecule has 2 aliphatic heterocycles. The fraction of sp³-hybridized carbons (Fsp3) is 0.529. The molecule has 2 aromatic heterocycles. The fourth-order valence-electron chi connectivity index (χ4n) is 3.62. The SMILES string of the molecule is O=C(Nc1nccs1)C1CCCN1C(=O)c1ccn(C2CCCNC2)n1. The summed E-state index contributed by atoms with van der Waals surface area (Å²) >= 11 is 1.37. The summed E-state index contributed by atoms with van der Waals surface area (Å²) in [4.78, 5) is 31.1. The maximum Gasteiger partial charge on any atom is 0.275 e. The number of nitrogens with one attached hydrogen (secondary N) is 2. The predicted molar refractivity (Wildman–Crippen MR) is 98.2 cm³/mol. The Balaban J connectivity index is 1.44. The number of nitrogens with zero attached hydrogens (tertiary/aromatic N) is 4. The van der Waals surface area contributed by atoms with Gasteiger partial charge in [0.15, 0.2) is 5.13 Å². The number of piperidine rings is 1. The van der Waals surface area contributed by atoms with Crippen LogP contribution in [0.1, 0.15) is 42.2 Å². The molecule has 4 heterocycles. The smallest absolute Gasteiger partial charge is 0.275 e. The molecule has 2 aliphatic rings. The van der Waals surface area contributed by atoms with Crippen molar-refractivity contribution in [3.8, 4) is 0 Å². The Kier molecular flexibility index (Phi) is 4.98. The highest BCUT2D eigenvalue weighted by atomic mass is 32.1. The standard InChI is InChI=1S/C17H22N6O2S/c24-15(20-17-19-7-10-26-17)14-4-2-8-22(14)16(25)13-5-9-23(21-13)12-3-1-6-18-11-12/h5,7,9-10,12,14,18H,1-4,6,8,11H2,(H,19,20,24). The van der Waals surface area contributed by atoms with Crippen LogP contribution in [0.3, 0.4) is 0 Å². The lowest BCUT2D eigenvalue weighted by atomic mass is 10.1. The minimum absolute atomic E-state index is 0.177. The fourth-order valence-corrected chi connectivity index (χ4v) is 4.15. The average Bonchev–Trinajstić information content (AvgIpc) is 3.42. The van der Waals surface area contributed by atoms with Gasteiger partial charge in [-0.25, -0.2) is 4.98 Å². The number of thiazole rings is 1. The van der Waals surface area contributed by atoms with Gasteiger partial charge in [0.2, 0.25) is 5.91 Å². The number of amides is 2. The minimum atomic E-state index is -0.465. The molecule has 0 aliphatic carbocycles. The van der Waals surface area contributed by atoms with E-state index in [1.807, 2.05) is 10.9 Å². The highest BCUT2D eigenvalue weighted by Gasteiger charge is 2.35. The Morgan fingerprint density at radius 2 is 2.23 bits per heavy atom. The highest BCUT2D eigenvalue weighted by molar-refractivity contribution is 7.13. The third-order valence-corrected chi connectivity index (χ3v) is 5.64. The molecule has 2 saturated heterocycles. The molecule has 2 N–H and O–H groups in total. The van der Waals surface area contributed by atoms with E-state index in [0.29, 0.717) is 23.8 Å². The van der Waals surface area contributed by atoms with E-state index in [2.05, 4.69) is 20.7 Å². The molecule has 0 aromatic carbocycles. The van der Waals surface area contributed by atoms with Gasteiger partial charge in [0.1, 0.15) is 11.7 Å². The molecule has 0 radical (unpaired) electrons. The van der Waals surface area contributed by atoms with Crippen molar-refractivity contribution in [3.05, 3.63) is 29.5 Å². The zero-order chi connectivity index (χ0) is 17.9. The van der Waals surface area contributed by atoms with Crippen LogP contribution in [0.2, 0.25) is 0 Å². The molecule has 138 valence electrons. The lowest BCUT2D eigenvalue weighted by Crippen LogP contribution is -2.43. The third-order valence-electron chi connectivity index (χ3n) is 4.95. The molecule has 2 amide bonds. The second-order valence-corrected chi connectivity index (χ2v) is 7.56. The van der Waals surface area contributed by atoms with Crippen molar-refractivity contribution in [1.82, 2.24) is 25.0 Å². The largest absolute Gasteiger partial charge is 0.325 e. The second-order valence-electron chi connectivity index (χ2n) is 6.66. The molecular weight excluding hydrogens is 352 g/mol. The maximum atomic E-state index is 12.9. The number of carbonyl (C=O) groups is 2. The monoisotopic (exact) mass is 374 g/mol. The number of carbonyl (C=O) groups excluding carboxylic acids is 2. The van der Waals surface area contributed by atoms with E-state index in [9.17, 15) is 9.59 Å². The topological polar surface area (TPSA) is 92.2 Å². The van der Waals surface area contributed by atoms with Crippen LogP contribution >= 0.6 is 11.3 Å². The highest BCUT2D eigenvalue weighted by Crippen LogP contribution is 2.23. The van der Waals surface area contributed by atoms with Gasteiger partial charge >= 0.3 is 0 Å². The van der Waals surface area contributed by atoms with Crippen molar-refractivity contribution >= 4 is 28.3 Å². The van der Waals surface area contributed by atoms with Crippen LogP contribution in [0.4, 0.5) is 5.13 Å². The molecule has 26 heavy (non-hydrogen) atoms. The van der Waals surface area contributed by atoms with Gasteiger partial charge in [-0.2, -0.15) is 5.10 Å². The summed E-state index contributed by atoms with van der Waals surface area (Å²) in [6.45, 7) is 2.48. The van der Waals surface area contributed by atoms with Crippen molar-refractivity contribution in [2.75, 3.05) is 25.0 Å². The van der Waals surface area contributed by atoms with Gasteiger partial charge in [-0.15, -0.1) is 11.3 Å². The summed E-state index contributed by atoms with van der Waals surface area (Å²) in [6.07, 6.45) is 7.16. The molecule has 0 bridgehead atoms. The van der Waals surface area contributed by atoms with E-state index in [0.717, 1.165) is 32.4 Å². The molecule has 2 aromatic rings. The lowest BCUT2D eigenvalue weighted by molar-refractivity contribution is -0.119. The Labute approximate surface area is 155 Å². The zero-order valence-corrected chi connectivity index (χ0v) is 15.2. The molecule has 2 unspecified atom stereocenters. The van der Waals surface area contributed by atoms with E-state index < -0.39 is 6.04 Å². The summed E-state index contributed by atoms with van der Waals surface area (Å²) in [5.74, 6) is -0.356. The molecule has 0 saturated carbocycles. The van der Waals surface area contributed by atoms with Crippen molar-refractivity contribution < 1.29 is 9.59 Å². The van der Waals surface area contributed by atoms with Gasteiger partial charge < -0.3 is 15.5 Å². The van der Waals surface area contributed by atoms with Crippen LogP contribution in [0.25, 0.3) is 0 Å². The van der Waals surface area contributed by atoms with Crippen LogP contribution in [-0.4, -0.2) is 57.2 Å². The molecular formula is C17H22N6O2S. The first kappa shape index (κ1) is 17.2. The number of likely N-dealkylation sites (tertiary alicyclic amines) is 1. The number of hydrogen-bond donors (Lipinski definition) is 2. The number of aromatic nitrogens is 3. The van der Waals surface area contributed by atoms with E-state index in [1.54, 1.807) is 22.5 Å².